The van der Waals surface area contributed by atoms with Gasteiger partial charge in [-0.05, 0) is 31.2 Å². The average molecular weight is 316 g/mol. The van der Waals surface area contributed by atoms with Gasteiger partial charge < -0.3 is 4.42 Å². The second-order valence-corrected chi connectivity index (χ2v) is 7.09. The first-order valence-corrected chi connectivity index (χ1v) is 9.00. The zero-order chi connectivity index (χ0) is 16.1. The summed E-state index contributed by atoms with van der Waals surface area (Å²) in [5.74, 6) is 0.899. The van der Waals surface area contributed by atoms with E-state index in [9.17, 15) is 4.79 Å². The van der Waals surface area contributed by atoms with Gasteiger partial charge in [0.15, 0.2) is 5.78 Å². The lowest BCUT2D eigenvalue weighted by molar-refractivity contribution is -0.113. The Labute approximate surface area is 141 Å². The lowest BCUT2D eigenvalue weighted by Gasteiger charge is -2.13. The highest BCUT2D eigenvalue weighted by Gasteiger charge is 2.32. The van der Waals surface area contributed by atoms with E-state index in [2.05, 4.69) is 24.3 Å². The van der Waals surface area contributed by atoms with Crippen molar-refractivity contribution in [3.63, 3.8) is 0 Å². The number of furan rings is 1. The maximum atomic E-state index is 12.7. The van der Waals surface area contributed by atoms with Crippen LogP contribution in [-0.2, 0) is 4.79 Å². The maximum absolute atomic E-state index is 12.7. The largest absolute Gasteiger partial charge is 0.455 e. The molecule has 2 nitrogen and oxygen atoms in total. The predicted molar refractivity (Wildman–Crippen MR) is 96.8 cm³/mol. The van der Waals surface area contributed by atoms with E-state index in [4.69, 9.17) is 4.42 Å². The predicted octanol–water partition coefficient (Wildman–Crippen LogP) is 5.89. The second-order valence-electron chi connectivity index (χ2n) is 7.09. The van der Waals surface area contributed by atoms with Crippen molar-refractivity contribution in [2.45, 2.75) is 38.5 Å². The molecule has 0 radical (unpaired) electrons. The van der Waals surface area contributed by atoms with E-state index in [0.717, 1.165) is 39.5 Å². The number of carbonyl (C=O) groups is 1. The third-order valence-corrected chi connectivity index (χ3v) is 5.74. The standard InChI is InChI=1S/C22H20O2/c23-19-13-12-15(14-6-1-2-7-14)21(19)18-10-5-9-17-16-8-3-4-11-20(16)24-22(17)18/h3-5,8-11,14H,1-2,6-7,12-13H2. The minimum absolute atomic E-state index is 0.296. The third kappa shape index (κ3) is 1.99. The number of fused-ring (bicyclic) bond motifs is 3. The molecule has 0 aliphatic heterocycles. The number of allylic oxidation sites excluding steroid dienone is 2. The lowest BCUT2D eigenvalue weighted by Crippen LogP contribution is -2.01. The van der Waals surface area contributed by atoms with Crippen molar-refractivity contribution >= 4 is 33.3 Å². The Bertz CT molecular complexity index is 984. The summed E-state index contributed by atoms with van der Waals surface area (Å²) in [5.41, 5.74) is 5.14. The molecule has 1 heterocycles. The third-order valence-electron chi connectivity index (χ3n) is 5.74. The fourth-order valence-electron chi connectivity index (χ4n) is 4.63. The summed E-state index contributed by atoms with van der Waals surface area (Å²) >= 11 is 0. The van der Waals surface area contributed by atoms with E-state index in [1.54, 1.807) is 0 Å². The number of para-hydroxylation sites is 2. The van der Waals surface area contributed by atoms with E-state index >= 15 is 0 Å². The Morgan fingerprint density at radius 3 is 2.54 bits per heavy atom. The van der Waals surface area contributed by atoms with Crippen LogP contribution in [0.4, 0.5) is 0 Å². The van der Waals surface area contributed by atoms with Crippen LogP contribution in [0.1, 0.15) is 44.1 Å². The number of carbonyl (C=O) groups excluding carboxylic acids is 1. The fraction of sp³-hybridized carbons (Fsp3) is 0.318. The topological polar surface area (TPSA) is 30.2 Å². The molecule has 1 saturated carbocycles. The molecule has 120 valence electrons. The fourth-order valence-corrected chi connectivity index (χ4v) is 4.63. The Morgan fingerprint density at radius 2 is 1.67 bits per heavy atom. The average Bonchev–Trinajstić information content (AvgIpc) is 3.32. The van der Waals surface area contributed by atoms with Gasteiger partial charge in [-0.25, -0.2) is 0 Å². The monoisotopic (exact) mass is 316 g/mol. The number of hydrogen-bond acceptors (Lipinski definition) is 2. The van der Waals surface area contributed by atoms with Crippen LogP contribution < -0.4 is 0 Å². The van der Waals surface area contributed by atoms with Crippen LogP contribution in [0.15, 0.2) is 52.5 Å². The first-order chi connectivity index (χ1) is 11.8. The Balaban J connectivity index is 1.78. The zero-order valence-corrected chi connectivity index (χ0v) is 13.7. The van der Waals surface area contributed by atoms with Gasteiger partial charge in [0.25, 0.3) is 0 Å². The van der Waals surface area contributed by atoms with Gasteiger partial charge in [-0.3, -0.25) is 4.79 Å². The molecule has 0 spiro atoms. The lowest BCUT2D eigenvalue weighted by atomic mass is 9.90. The SMILES string of the molecule is O=C1CCC(C2CCCC2)=C1c1cccc2c1oc1ccccc12. The van der Waals surface area contributed by atoms with Crippen LogP contribution in [0, 0.1) is 5.92 Å². The minimum atomic E-state index is 0.296. The van der Waals surface area contributed by atoms with Crippen LogP contribution in [0.3, 0.4) is 0 Å². The summed E-state index contributed by atoms with van der Waals surface area (Å²) in [7, 11) is 0. The van der Waals surface area contributed by atoms with Crippen molar-refractivity contribution in [1.82, 2.24) is 0 Å². The van der Waals surface area contributed by atoms with Crippen LogP contribution in [-0.4, -0.2) is 5.78 Å². The van der Waals surface area contributed by atoms with Gasteiger partial charge >= 0.3 is 0 Å². The van der Waals surface area contributed by atoms with Gasteiger partial charge in [-0.1, -0.05) is 54.8 Å². The highest BCUT2D eigenvalue weighted by atomic mass is 16.3. The Hall–Kier alpha value is -2.35. The quantitative estimate of drug-likeness (QED) is 0.590. The van der Waals surface area contributed by atoms with Crippen molar-refractivity contribution in [1.29, 1.82) is 0 Å². The molecule has 0 bridgehead atoms. The van der Waals surface area contributed by atoms with Crippen molar-refractivity contribution in [3.05, 3.63) is 53.6 Å². The van der Waals surface area contributed by atoms with Gasteiger partial charge in [0.1, 0.15) is 11.2 Å². The van der Waals surface area contributed by atoms with Crippen molar-refractivity contribution in [3.8, 4) is 0 Å². The van der Waals surface area contributed by atoms with Gasteiger partial charge in [-0.2, -0.15) is 0 Å². The van der Waals surface area contributed by atoms with Gasteiger partial charge in [0.2, 0.25) is 0 Å². The molecule has 0 unspecified atom stereocenters. The number of rotatable bonds is 2. The normalized spacial score (nSPS) is 19.2. The molecular formula is C22H20O2. The first kappa shape index (κ1) is 14.0. The molecule has 1 aromatic heterocycles. The summed E-state index contributed by atoms with van der Waals surface area (Å²) in [6.07, 6.45) is 6.67. The molecular weight excluding hydrogens is 296 g/mol. The van der Waals surface area contributed by atoms with Crippen molar-refractivity contribution < 1.29 is 9.21 Å². The molecule has 0 atom stereocenters. The molecule has 2 heteroatoms. The first-order valence-electron chi connectivity index (χ1n) is 9.00. The molecule has 24 heavy (non-hydrogen) atoms. The number of benzene rings is 2. The molecule has 2 aromatic carbocycles. The van der Waals surface area contributed by atoms with E-state index < -0.39 is 0 Å². The number of ketones is 1. The second kappa shape index (κ2) is 5.34. The zero-order valence-electron chi connectivity index (χ0n) is 13.7. The minimum Gasteiger partial charge on any atom is -0.455 e. The molecule has 5 rings (SSSR count). The molecule has 1 fully saturated rings. The Kier molecular flexibility index (Phi) is 3.12. The summed E-state index contributed by atoms with van der Waals surface area (Å²) in [6.45, 7) is 0. The van der Waals surface area contributed by atoms with E-state index in [1.807, 2.05) is 18.2 Å². The van der Waals surface area contributed by atoms with Crippen molar-refractivity contribution in [2.24, 2.45) is 5.92 Å². The summed E-state index contributed by atoms with van der Waals surface area (Å²) < 4.78 is 6.17. The molecule has 2 aliphatic carbocycles. The highest BCUT2D eigenvalue weighted by Crippen LogP contribution is 2.44. The van der Waals surface area contributed by atoms with Gasteiger partial charge in [-0.15, -0.1) is 0 Å². The maximum Gasteiger partial charge on any atom is 0.163 e. The summed E-state index contributed by atoms with van der Waals surface area (Å²) in [5, 5.41) is 2.24. The highest BCUT2D eigenvalue weighted by molar-refractivity contribution is 6.27. The molecule has 0 saturated heterocycles. The van der Waals surface area contributed by atoms with Crippen LogP contribution in [0.5, 0.6) is 0 Å². The van der Waals surface area contributed by atoms with Gasteiger partial charge in [0.05, 0.1) is 0 Å². The molecule has 2 aliphatic rings. The summed E-state index contributed by atoms with van der Waals surface area (Å²) in [4.78, 5) is 12.7. The van der Waals surface area contributed by atoms with Crippen molar-refractivity contribution in [2.75, 3.05) is 0 Å². The molecule has 3 aromatic rings. The van der Waals surface area contributed by atoms with Crippen LogP contribution in [0.25, 0.3) is 27.5 Å². The van der Waals surface area contributed by atoms with Crippen LogP contribution >= 0.6 is 0 Å². The van der Waals surface area contributed by atoms with Gasteiger partial charge in [0, 0.05) is 28.3 Å². The van der Waals surface area contributed by atoms with E-state index in [-0.39, 0.29) is 0 Å². The molecule has 0 amide bonds. The Morgan fingerprint density at radius 1 is 0.875 bits per heavy atom. The van der Waals surface area contributed by atoms with E-state index in [0.29, 0.717) is 18.1 Å². The van der Waals surface area contributed by atoms with E-state index in [1.165, 1.54) is 31.3 Å². The molecule has 0 N–H and O–H groups in total. The van der Waals surface area contributed by atoms with Crippen LogP contribution in [0.2, 0.25) is 0 Å². The number of hydrogen-bond donors (Lipinski definition) is 0. The summed E-state index contributed by atoms with van der Waals surface area (Å²) in [6, 6.07) is 14.3. The smallest absolute Gasteiger partial charge is 0.163 e. The number of Topliss-reactive ketones (excluding diaryl/α,β-unsaturated/α-hetero) is 1.